The van der Waals surface area contributed by atoms with Crippen molar-refractivity contribution < 1.29 is 38.0 Å². The maximum atomic E-state index is 10.9. The summed E-state index contributed by atoms with van der Waals surface area (Å²) in [5, 5.41) is 11.1. The van der Waals surface area contributed by atoms with E-state index >= 15 is 0 Å². The van der Waals surface area contributed by atoms with Crippen molar-refractivity contribution in [3.8, 4) is 17.2 Å². The summed E-state index contributed by atoms with van der Waals surface area (Å²) in [5.74, 6) is 5.35. The van der Waals surface area contributed by atoms with Crippen molar-refractivity contribution in [2.45, 2.75) is 108 Å². The van der Waals surface area contributed by atoms with E-state index in [9.17, 15) is 9.59 Å². The number of aldehydes is 1. The van der Waals surface area contributed by atoms with Crippen LogP contribution < -0.4 is 19.5 Å². The molecule has 12 heteroatoms. The Kier molecular flexibility index (Phi) is 29.4. The van der Waals surface area contributed by atoms with E-state index in [0.29, 0.717) is 51.5 Å². The molecule has 0 aromatic heterocycles. The van der Waals surface area contributed by atoms with Gasteiger partial charge in [0.2, 0.25) is 0 Å². The summed E-state index contributed by atoms with van der Waals surface area (Å²) < 4.78 is 31.9. The first-order chi connectivity index (χ1) is 31.9. The summed E-state index contributed by atoms with van der Waals surface area (Å²) >= 11 is 1.71. The van der Waals surface area contributed by atoms with E-state index in [1.807, 2.05) is 48.5 Å². The third-order valence-electron chi connectivity index (χ3n) is 11.8. The molecule has 5 rings (SSSR count). The van der Waals surface area contributed by atoms with Crippen LogP contribution in [-0.2, 0) is 23.8 Å². The molecule has 3 aromatic rings. The van der Waals surface area contributed by atoms with Crippen LogP contribution in [-0.4, -0.2) is 91.5 Å². The summed E-state index contributed by atoms with van der Waals surface area (Å²) in [6.45, 7) is 13.9. The number of unbranched alkanes of at least 4 members (excludes halogenated alkanes) is 3. The lowest BCUT2D eigenvalue weighted by molar-refractivity contribution is -0.137. The summed E-state index contributed by atoms with van der Waals surface area (Å²) in [6, 6.07) is 22.0. The number of para-hydroxylation sites is 1. The predicted molar refractivity (Wildman–Crippen MR) is 266 cm³/mol. The van der Waals surface area contributed by atoms with Gasteiger partial charge in [-0.1, -0.05) is 44.5 Å². The molecule has 2 saturated carbocycles. The zero-order chi connectivity index (χ0) is 46.7. The molecule has 0 heterocycles. The minimum absolute atomic E-state index is 0.255. The highest BCUT2D eigenvalue weighted by Gasteiger charge is 2.24. The highest BCUT2D eigenvalue weighted by molar-refractivity contribution is 7.99. The highest BCUT2D eigenvalue weighted by atomic mass is 32.2. The normalized spacial score (nSPS) is 17.8. The molecule has 0 saturated heterocycles. The van der Waals surface area contributed by atoms with Gasteiger partial charge in [0, 0.05) is 48.2 Å². The lowest BCUT2D eigenvalue weighted by Crippen LogP contribution is -2.21. The van der Waals surface area contributed by atoms with Gasteiger partial charge in [0.05, 0.1) is 52.4 Å². The number of esters is 1. The summed E-state index contributed by atoms with van der Waals surface area (Å²) in [4.78, 5) is 26.8. The third-order valence-corrected chi connectivity index (χ3v) is 12.8. The second-order valence-electron chi connectivity index (χ2n) is 16.5. The quantitative estimate of drug-likeness (QED) is 0.0138. The molecule has 2 fully saturated rings. The number of aliphatic imine (C=N–C) groups is 1. The largest absolute Gasteiger partial charge is 0.497 e. The first-order valence-electron chi connectivity index (χ1n) is 23.6. The van der Waals surface area contributed by atoms with Crippen LogP contribution in [0.15, 0.2) is 89.3 Å². The number of ether oxygens (including phenoxy) is 6. The molecule has 2 aliphatic carbocycles. The van der Waals surface area contributed by atoms with E-state index in [1.165, 1.54) is 56.4 Å². The molecule has 0 spiro atoms. The Morgan fingerprint density at radius 1 is 0.831 bits per heavy atom. The number of hydrogen-bond acceptors (Lipinski definition) is 12. The van der Waals surface area contributed by atoms with Gasteiger partial charge in [-0.2, -0.15) is 0 Å². The Hall–Kier alpha value is -4.49. The van der Waals surface area contributed by atoms with Gasteiger partial charge in [-0.25, -0.2) is 4.79 Å². The first-order valence-corrected chi connectivity index (χ1v) is 24.6. The second kappa shape index (κ2) is 34.8. The third kappa shape index (κ3) is 23.0. The van der Waals surface area contributed by atoms with Gasteiger partial charge in [0.25, 0.3) is 0 Å². The van der Waals surface area contributed by atoms with Gasteiger partial charge >= 0.3 is 5.97 Å². The number of thioether (sulfide) groups is 1. The minimum atomic E-state index is -0.354. The van der Waals surface area contributed by atoms with Gasteiger partial charge in [-0.05, 0) is 156 Å². The number of carbonyl (C=O) groups is 2. The van der Waals surface area contributed by atoms with Crippen molar-refractivity contribution in [2.24, 2.45) is 22.7 Å². The average Bonchev–Trinajstić information content (AvgIpc) is 3.36. The van der Waals surface area contributed by atoms with Gasteiger partial charge in [0.15, 0.2) is 0 Å². The Labute approximate surface area is 394 Å². The molecule has 0 unspecified atom stereocenters. The number of benzene rings is 3. The van der Waals surface area contributed by atoms with Crippen molar-refractivity contribution in [1.29, 1.82) is 5.41 Å². The fourth-order valence-electron chi connectivity index (χ4n) is 7.91. The smallest absolute Gasteiger partial charge is 0.330 e. The molecule has 0 amide bonds. The van der Waals surface area contributed by atoms with E-state index in [0.717, 1.165) is 109 Å². The number of rotatable bonds is 28. The summed E-state index contributed by atoms with van der Waals surface area (Å²) in [6.07, 6.45) is 19.7. The average molecular weight is 916 g/mol. The molecule has 2 aliphatic rings. The topological polar surface area (TPSA) is 138 Å². The van der Waals surface area contributed by atoms with Crippen LogP contribution in [0.4, 0.5) is 5.69 Å². The molecular weight excluding hydrogens is 839 g/mol. The molecule has 0 bridgehead atoms. The van der Waals surface area contributed by atoms with Gasteiger partial charge in [-0.3, -0.25) is 4.99 Å². The van der Waals surface area contributed by atoms with E-state index in [4.69, 9.17) is 33.8 Å². The highest BCUT2D eigenvalue weighted by Crippen LogP contribution is 2.39. The fraction of sp³-hybridized carbons (Fsp3) is 0.547. The van der Waals surface area contributed by atoms with Crippen molar-refractivity contribution in [2.75, 3.05) is 66.3 Å². The van der Waals surface area contributed by atoms with Crippen LogP contribution in [0, 0.1) is 23.2 Å². The maximum Gasteiger partial charge on any atom is 0.330 e. The van der Waals surface area contributed by atoms with Crippen LogP contribution >= 0.6 is 11.8 Å². The zero-order valence-corrected chi connectivity index (χ0v) is 40.3. The van der Waals surface area contributed by atoms with E-state index in [-0.39, 0.29) is 11.9 Å². The van der Waals surface area contributed by atoms with Crippen LogP contribution in [0.1, 0.15) is 114 Å². The summed E-state index contributed by atoms with van der Waals surface area (Å²) in [7, 11) is 3.31. The molecule has 0 atom stereocenters. The Morgan fingerprint density at radius 3 is 2.20 bits per heavy atom. The van der Waals surface area contributed by atoms with Gasteiger partial charge in [0.1, 0.15) is 23.5 Å². The molecule has 0 radical (unpaired) electrons. The minimum Gasteiger partial charge on any atom is -0.497 e. The lowest BCUT2D eigenvalue weighted by atomic mass is 9.77. The number of nitrogens with one attached hydrogen (secondary N) is 2. The predicted octanol–water partition coefficient (Wildman–Crippen LogP) is 11.8. The number of nitrogens with zero attached hydrogens (tertiary/aromatic N) is 1. The van der Waals surface area contributed by atoms with Crippen molar-refractivity contribution in [3.05, 3.63) is 90.5 Å². The Balaban J connectivity index is 0.000000266. The van der Waals surface area contributed by atoms with Crippen LogP contribution in [0.5, 0.6) is 17.2 Å². The van der Waals surface area contributed by atoms with Crippen molar-refractivity contribution >= 4 is 42.6 Å². The van der Waals surface area contributed by atoms with E-state index in [1.54, 1.807) is 26.0 Å². The fourth-order valence-corrected chi connectivity index (χ4v) is 8.76. The first kappa shape index (κ1) is 54.8. The van der Waals surface area contributed by atoms with Crippen LogP contribution in [0.25, 0.3) is 0 Å². The molecule has 0 aliphatic heterocycles. The number of carbonyl (C=O) groups excluding carboxylic acids is 2. The second-order valence-corrected chi connectivity index (χ2v) is 17.5. The lowest BCUT2D eigenvalue weighted by Gasteiger charge is -2.29. The SMILES string of the molecule is C=CC(=O)OCCCCCCOc1ccc(OC)cc1.C=Nc1ccccc1SCNCCOCCOC.CCCC1CCC(c2ccc(OCC3CCC(C=O)CC3)c(C=N)c2)CC1. The summed E-state index contributed by atoms with van der Waals surface area (Å²) in [5.41, 5.74) is 3.22. The Bertz CT molecular complexity index is 1760. The van der Waals surface area contributed by atoms with Gasteiger partial charge in [-0.15, -0.1) is 11.8 Å². The maximum absolute atomic E-state index is 10.9. The standard InChI is InChI=1S/C24H35NO2.C16H22O4.C13H20N2O2S/c1-2-3-18-8-10-21(11-9-18)22-12-13-24(23(14-22)15-25)27-17-20-6-4-19(16-26)5-7-20;1-3-16(17)20-13-7-5-4-6-12-19-15-10-8-14(18-2)9-11-15;1-14-12-5-3-4-6-13(12)18-11-15-7-8-17-10-9-16-2/h12-16,18-21,25H,2-11,17H2,1H3;3,8-11H,1,4-7,12-13H2,2H3;3-6,15H,1,7-11H2,2H3. The molecule has 65 heavy (non-hydrogen) atoms. The van der Waals surface area contributed by atoms with Crippen molar-refractivity contribution in [3.63, 3.8) is 0 Å². The Morgan fingerprint density at radius 2 is 1.54 bits per heavy atom. The molecular formula is C53H77N3O8S. The van der Waals surface area contributed by atoms with Crippen LogP contribution in [0.2, 0.25) is 0 Å². The monoisotopic (exact) mass is 916 g/mol. The van der Waals surface area contributed by atoms with E-state index in [2.05, 4.69) is 48.7 Å². The van der Waals surface area contributed by atoms with E-state index < -0.39 is 0 Å². The molecule has 358 valence electrons. The van der Waals surface area contributed by atoms with Crippen LogP contribution in [0.3, 0.4) is 0 Å². The number of methoxy groups -OCH3 is 2. The number of hydrogen-bond donors (Lipinski definition) is 2. The van der Waals surface area contributed by atoms with Crippen molar-refractivity contribution in [1.82, 2.24) is 5.32 Å². The molecule has 2 N–H and O–H groups in total. The zero-order valence-electron chi connectivity index (χ0n) is 39.5. The molecule has 11 nitrogen and oxygen atoms in total. The van der Waals surface area contributed by atoms with Gasteiger partial charge < -0.3 is 43.9 Å². The molecule has 3 aromatic carbocycles.